The Morgan fingerprint density at radius 3 is 1.74 bits per heavy atom. The second-order valence-electron chi connectivity index (χ2n) is 7.50. The molecule has 0 aromatic carbocycles. The van der Waals surface area contributed by atoms with E-state index in [0.29, 0.717) is 0 Å². The van der Waals surface area contributed by atoms with Crippen molar-refractivity contribution in [3.8, 4) is 0 Å². The van der Waals surface area contributed by atoms with E-state index in [1.807, 2.05) is 17.2 Å². The van der Waals surface area contributed by atoms with Crippen LogP contribution in [0.3, 0.4) is 0 Å². The van der Waals surface area contributed by atoms with Gasteiger partial charge in [-0.1, -0.05) is 35.7 Å². The normalized spacial score (nSPS) is 11.2. The van der Waals surface area contributed by atoms with E-state index in [0.717, 1.165) is 0 Å². The van der Waals surface area contributed by atoms with E-state index in [4.69, 9.17) is 0 Å². The summed E-state index contributed by atoms with van der Waals surface area (Å²) in [5.74, 6) is 1.81. The second kappa shape index (κ2) is 15.3. The van der Waals surface area contributed by atoms with Gasteiger partial charge in [0.05, 0.1) is 0 Å². The summed E-state index contributed by atoms with van der Waals surface area (Å²) >= 11 is 3.18. The molecule has 0 bridgehead atoms. The van der Waals surface area contributed by atoms with E-state index in [1.165, 1.54) is 70.6 Å². The van der Waals surface area contributed by atoms with Crippen LogP contribution in [0.5, 0.6) is 0 Å². The second-order valence-corrected chi connectivity index (χ2v) is 23.8. The van der Waals surface area contributed by atoms with Crippen LogP contribution < -0.4 is 2.89 Å². The molecule has 0 aliphatic carbocycles. The first-order valence-corrected chi connectivity index (χ1v) is 21.9. The number of halogens is 1. The first kappa shape index (κ1) is 24.0. The van der Waals surface area contributed by atoms with Gasteiger partial charge in [-0.15, -0.1) is 0 Å². The van der Waals surface area contributed by atoms with Gasteiger partial charge in [-0.2, -0.15) is 0 Å². The van der Waals surface area contributed by atoms with Gasteiger partial charge in [-0.25, -0.2) is 0 Å². The summed E-state index contributed by atoms with van der Waals surface area (Å²) in [5.41, 5.74) is 1.61. The van der Waals surface area contributed by atoms with Crippen molar-refractivity contribution in [2.24, 2.45) is 0 Å². The Hall–Kier alpha value is 0.979. The van der Waals surface area contributed by atoms with Crippen molar-refractivity contribution in [3.05, 3.63) is 17.0 Å². The van der Waals surface area contributed by atoms with Crippen LogP contribution in [0.25, 0.3) is 0 Å². The van der Waals surface area contributed by atoms with Crippen molar-refractivity contribution in [2.45, 2.75) is 92.4 Å². The molecule has 1 aromatic rings. The van der Waals surface area contributed by atoms with Crippen molar-refractivity contribution in [3.63, 3.8) is 0 Å². The number of aryl methyl sites for hydroxylation is 1. The van der Waals surface area contributed by atoms with Gasteiger partial charge in [0.1, 0.15) is 0 Å². The molecule has 0 spiro atoms. The van der Waals surface area contributed by atoms with Crippen molar-refractivity contribution < 1.29 is 0 Å². The van der Waals surface area contributed by atoms with Crippen molar-refractivity contribution in [1.82, 2.24) is 0 Å². The van der Waals surface area contributed by atoms with Crippen LogP contribution in [0.4, 0.5) is 0 Å². The van der Waals surface area contributed by atoms with Crippen molar-refractivity contribution >= 4 is 48.5 Å². The first-order valence-electron chi connectivity index (χ1n) is 9.49. The molecule has 0 fully saturated rings. The van der Waals surface area contributed by atoms with Crippen LogP contribution in [0.1, 0.15) is 76.7 Å². The summed E-state index contributed by atoms with van der Waals surface area (Å²) in [7, 11) is 0. The fraction of sp³-hybridized carbons (Fsp3) is 0.800. The molecular formula is C20H39BrSSn. The molecule has 0 unspecified atom stereocenters. The average molecular weight is 510 g/mol. The van der Waals surface area contributed by atoms with Gasteiger partial charge < -0.3 is 0 Å². The zero-order valence-electron chi connectivity index (χ0n) is 16.2. The van der Waals surface area contributed by atoms with Gasteiger partial charge in [-0.3, -0.25) is 0 Å². The van der Waals surface area contributed by atoms with Gasteiger partial charge >= 0.3 is 122 Å². The van der Waals surface area contributed by atoms with Crippen LogP contribution in [0.2, 0.25) is 14.8 Å². The standard InChI is InChI=1S/C16H27S.CH3Br.3CH3.Sn/c1-2-3-4-5-6-7-8-9-10-11-12-16-13-14-17-15-16;1-2;;;;/h13,15H,2-12H2,1H3;1H3;3*1H3;. The number of hydrogen-bond donors (Lipinski definition) is 0. The van der Waals surface area contributed by atoms with Gasteiger partial charge in [0.15, 0.2) is 0 Å². The molecule has 0 aliphatic heterocycles. The molecule has 1 heterocycles. The first-order chi connectivity index (χ1) is 11.0. The number of hydrogen-bond acceptors (Lipinski definition) is 1. The van der Waals surface area contributed by atoms with Crippen LogP contribution in [0, 0.1) is 0 Å². The third-order valence-electron chi connectivity index (χ3n) is 4.21. The summed E-state index contributed by atoms with van der Waals surface area (Å²) in [5, 5.41) is 2.42. The van der Waals surface area contributed by atoms with Crippen LogP contribution in [0.15, 0.2) is 11.4 Å². The fourth-order valence-electron chi connectivity index (χ4n) is 2.72. The van der Waals surface area contributed by atoms with E-state index < -0.39 is 18.4 Å². The number of unbranched alkanes of at least 4 members (excludes halogenated alkanes) is 9. The monoisotopic (exact) mass is 510 g/mol. The van der Waals surface area contributed by atoms with Gasteiger partial charge in [0, 0.05) is 0 Å². The number of rotatable bonds is 12. The molecule has 0 aliphatic rings. The van der Waals surface area contributed by atoms with E-state index in [1.54, 1.807) is 8.46 Å². The summed E-state index contributed by atoms with van der Waals surface area (Å²) in [4.78, 5) is 7.56. The quantitative estimate of drug-likeness (QED) is 0.153. The number of alkyl halides is 1. The Morgan fingerprint density at radius 1 is 0.826 bits per heavy atom. The molecule has 0 saturated carbocycles. The van der Waals surface area contributed by atoms with Crippen LogP contribution in [-0.4, -0.2) is 24.2 Å². The van der Waals surface area contributed by atoms with E-state index in [2.05, 4.69) is 49.1 Å². The van der Waals surface area contributed by atoms with Crippen molar-refractivity contribution in [2.75, 3.05) is 5.83 Å². The Labute approximate surface area is 162 Å². The zero-order valence-corrected chi connectivity index (χ0v) is 21.5. The molecule has 0 N–H and O–H groups in total. The van der Waals surface area contributed by atoms with Crippen LogP contribution >= 0.6 is 27.3 Å². The van der Waals surface area contributed by atoms with E-state index in [9.17, 15) is 0 Å². The zero-order chi connectivity index (χ0) is 17.6. The fourth-order valence-corrected chi connectivity index (χ4v) is 9.05. The minimum atomic E-state index is -1.79. The SMILES string of the molecule is CBr.CCCCCCCCCCCCc1cs[c]([Sn]([CH3])([CH3])[CH3])c1. The maximum atomic E-state index is 2.94. The van der Waals surface area contributed by atoms with Gasteiger partial charge in [-0.05, 0) is 5.83 Å². The third kappa shape index (κ3) is 12.9. The molecular weight excluding hydrogens is 471 g/mol. The molecule has 0 nitrogen and oxygen atoms in total. The molecule has 0 amide bonds. The minimum absolute atomic E-state index is 1.31. The Balaban J connectivity index is 0.00000232. The summed E-state index contributed by atoms with van der Waals surface area (Å²) in [6.07, 6.45) is 15.7. The summed E-state index contributed by atoms with van der Waals surface area (Å²) in [6, 6.07) is 2.52. The maximum absolute atomic E-state index is 2.94. The van der Waals surface area contributed by atoms with Crippen LogP contribution in [-0.2, 0) is 6.42 Å². The van der Waals surface area contributed by atoms with Gasteiger partial charge in [0.25, 0.3) is 0 Å². The molecule has 1 rings (SSSR count). The Bertz CT molecular complexity index is 368. The summed E-state index contributed by atoms with van der Waals surface area (Å²) in [6.45, 7) is 2.29. The van der Waals surface area contributed by atoms with E-state index >= 15 is 0 Å². The molecule has 0 atom stereocenters. The topological polar surface area (TPSA) is 0 Å². The van der Waals surface area contributed by atoms with Gasteiger partial charge in [0.2, 0.25) is 0 Å². The van der Waals surface area contributed by atoms with Crippen molar-refractivity contribution in [1.29, 1.82) is 0 Å². The number of thiophene rings is 1. The predicted molar refractivity (Wildman–Crippen MR) is 118 cm³/mol. The molecule has 136 valence electrons. The predicted octanol–water partition coefficient (Wildman–Crippen LogP) is 7.77. The molecule has 0 radical (unpaired) electrons. The Kier molecular flexibility index (Phi) is 15.9. The third-order valence-corrected chi connectivity index (χ3v) is 14.8. The molecule has 1 aromatic heterocycles. The molecule has 0 saturated heterocycles. The Morgan fingerprint density at radius 2 is 1.30 bits per heavy atom. The summed E-state index contributed by atoms with van der Waals surface area (Å²) < 4.78 is 1.74. The molecule has 23 heavy (non-hydrogen) atoms. The average Bonchev–Trinajstić information content (AvgIpc) is 3.00. The molecule has 3 heteroatoms. The van der Waals surface area contributed by atoms with E-state index in [-0.39, 0.29) is 0 Å².